The number of hydrogen-bond donors (Lipinski definition) is 1. The fourth-order valence-corrected chi connectivity index (χ4v) is 2.94. The Morgan fingerprint density at radius 2 is 2.05 bits per heavy atom. The molecule has 0 saturated carbocycles. The first-order valence-corrected chi connectivity index (χ1v) is 8.51. The number of piperazine rings is 1. The molecule has 1 fully saturated rings. The van der Waals surface area contributed by atoms with Gasteiger partial charge in [-0.2, -0.15) is 0 Å². The minimum atomic E-state index is -0.378. The molecular formula is C16H23BrFN3O. The monoisotopic (exact) mass is 371 g/mol. The lowest BCUT2D eigenvalue weighted by atomic mass is 10.1. The molecule has 0 radical (unpaired) electrons. The molecule has 4 nitrogen and oxygen atoms in total. The van der Waals surface area contributed by atoms with E-state index >= 15 is 0 Å². The molecule has 1 aromatic rings. The number of carbonyl (C=O) groups is 1. The van der Waals surface area contributed by atoms with Crippen molar-refractivity contribution in [2.75, 3.05) is 26.2 Å². The highest BCUT2D eigenvalue weighted by molar-refractivity contribution is 9.10. The van der Waals surface area contributed by atoms with Crippen molar-refractivity contribution in [2.45, 2.75) is 32.4 Å². The number of halogens is 2. The maximum Gasteiger partial charge on any atom is 0.239 e. The standard InChI is InChI=1S/C16H23BrFN3O/c1-2-3-15(19)16(22)21-8-6-20(7-9-21)11-12-4-5-13(17)14(18)10-12/h4-5,10,15H,2-3,6-9,11,19H2,1H3. The Morgan fingerprint density at radius 1 is 1.36 bits per heavy atom. The summed E-state index contributed by atoms with van der Waals surface area (Å²) in [5.41, 5.74) is 6.84. The molecule has 1 aliphatic heterocycles. The summed E-state index contributed by atoms with van der Waals surface area (Å²) >= 11 is 3.16. The molecule has 6 heteroatoms. The van der Waals surface area contributed by atoms with E-state index in [1.54, 1.807) is 12.1 Å². The molecule has 0 spiro atoms. The van der Waals surface area contributed by atoms with E-state index in [1.807, 2.05) is 17.9 Å². The molecular weight excluding hydrogens is 349 g/mol. The average Bonchev–Trinajstić information content (AvgIpc) is 2.51. The highest BCUT2D eigenvalue weighted by Gasteiger charge is 2.24. The van der Waals surface area contributed by atoms with Crippen LogP contribution in [0.2, 0.25) is 0 Å². The molecule has 1 aromatic carbocycles. The third-order valence-electron chi connectivity index (χ3n) is 3.99. The number of hydrogen-bond acceptors (Lipinski definition) is 3. The summed E-state index contributed by atoms with van der Waals surface area (Å²) in [5.74, 6) is -0.187. The van der Waals surface area contributed by atoms with Crippen LogP contribution in [0.4, 0.5) is 4.39 Å². The zero-order chi connectivity index (χ0) is 16.1. The molecule has 0 bridgehead atoms. The first kappa shape index (κ1) is 17.4. The number of benzene rings is 1. The van der Waals surface area contributed by atoms with Gasteiger partial charge in [0.2, 0.25) is 5.91 Å². The van der Waals surface area contributed by atoms with Crippen molar-refractivity contribution in [3.8, 4) is 0 Å². The van der Waals surface area contributed by atoms with Crippen LogP contribution in [0.15, 0.2) is 22.7 Å². The van der Waals surface area contributed by atoms with Crippen LogP contribution in [-0.4, -0.2) is 47.9 Å². The van der Waals surface area contributed by atoms with E-state index in [9.17, 15) is 9.18 Å². The van der Waals surface area contributed by atoms with Crippen LogP contribution < -0.4 is 5.73 Å². The van der Waals surface area contributed by atoms with Crippen LogP contribution in [0.1, 0.15) is 25.3 Å². The molecule has 1 heterocycles. The van der Waals surface area contributed by atoms with Crippen molar-refractivity contribution in [3.63, 3.8) is 0 Å². The van der Waals surface area contributed by atoms with Crippen LogP contribution in [0.5, 0.6) is 0 Å². The minimum Gasteiger partial charge on any atom is -0.339 e. The van der Waals surface area contributed by atoms with Crippen LogP contribution >= 0.6 is 15.9 Å². The number of nitrogens with zero attached hydrogens (tertiary/aromatic N) is 2. The van der Waals surface area contributed by atoms with Gasteiger partial charge >= 0.3 is 0 Å². The fourth-order valence-electron chi connectivity index (χ4n) is 2.69. The SMILES string of the molecule is CCCC(N)C(=O)N1CCN(Cc2ccc(Br)c(F)c2)CC1. The second-order valence-electron chi connectivity index (χ2n) is 5.75. The van der Waals surface area contributed by atoms with Crippen LogP contribution in [-0.2, 0) is 11.3 Å². The van der Waals surface area contributed by atoms with Gasteiger partial charge in [0, 0.05) is 32.7 Å². The molecule has 1 saturated heterocycles. The van der Waals surface area contributed by atoms with Gasteiger partial charge in [-0.25, -0.2) is 4.39 Å². The second-order valence-corrected chi connectivity index (χ2v) is 6.60. The number of nitrogens with two attached hydrogens (primary N) is 1. The van der Waals surface area contributed by atoms with Crippen molar-refractivity contribution in [3.05, 3.63) is 34.1 Å². The molecule has 122 valence electrons. The van der Waals surface area contributed by atoms with Crippen molar-refractivity contribution >= 4 is 21.8 Å². The summed E-state index contributed by atoms with van der Waals surface area (Å²) < 4.78 is 14.0. The highest BCUT2D eigenvalue weighted by Crippen LogP contribution is 2.18. The maximum atomic E-state index is 13.5. The van der Waals surface area contributed by atoms with Crippen LogP contribution in [0.25, 0.3) is 0 Å². The van der Waals surface area contributed by atoms with Crippen molar-refractivity contribution < 1.29 is 9.18 Å². The summed E-state index contributed by atoms with van der Waals surface area (Å²) in [6.45, 7) is 5.70. The zero-order valence-corrected chi connectivity index (χ0v) is 14.5. The van der Waals surface area contributed by atoms with Gasteiger partial charge in [-0.1, -0.05) is 19.4 Å². The van der Waals surface area contributed by atoms with E-state index in [-0.39, 0.29) is 17.8 Å². The Kier molecular flexibility index (Phi) is 6.35. The summed E-state index contributed by atoms with van der Waals surface area (Å²) in [6, 6.07) is 4.83. The first-order valence-electron chi connectivity index (χ1n) is 7.72. The lowest BCUT2D eigenvalue weighted by Crippen LogP contribution is -2.52. The van der Waals surface area contributed by atoms with Gasteiger partial charge in [0.05, 0.1) is 10.5 Å². The van der Waals surface area contributed by atoms with E-state index in [1.165, 1.54) is 0 Å². The van der Waals surface area contributed by atoms with Crippen LogP contribution in [0.3, 0.4) is 0 Å². The Morgan fingerprint density at radius 3 is 2.64 bits per heavy atom. The van der Waals surface area contributed by atoms with Gasteiger partial charge in [0.25, 0.3) is 0 Å². The number of carbonyl (C=O) groups excluding carboxylic acids is 1. The largest absolute Gasteiger partial charge is 0.339 e. The quantitative estimate of drug-likeness (QED) is 0.864. The maximum absolute atomic E-state index is 13.5. The topological polar surface area (TPSA) is 49.6 Å². The molecule has 2 N–H and O–H groups in total. The van der Waals surface area contributed by atoms with Gasteiger partial charge < -0.3 is 10.6 Å². The highest BCUT2D eigenvalue weighted by atomic mass is 79.9. The Balaban J connectivity index is 1.84. The summed E-state index contributed by atoms with van der Waals surface area (Å²) in [6.07, 6.45) is 1.65. The first-order chi connectivity index (χ1) is 10.5. The average molecular weight is 372 g/mol. The lowest BCUT2D eigenvalue weighted by molar-refractivity contribution is -0.134. The third kappa shape index (κ3) is 4.51. The molecule has 1 amide bonds. The second kappa shape index (κ2) is 8.04. The molecule has 0 aromatic heterocycles. The van der Waals surface area contributed by atoms with E-state index in [2.05, 4.69) is 20.8 Å². The Hall–Kier alpha value is -0.980. The fraction of sp³-hybridized carbons (Fsp3) is 0.562. The summed E-state index contributed by atoms with van der Waals surface area (Å²) in [5, 5.41) is 0. The minimum absolute atomic E-state index is 0.0520. The summed E-state index contributed by atoms with van der Waals surface area (Å²) in [7, 11) is 0. The molecule has 22 heavy (non-hydrogen) atoms. The third-order valence-corrected chi connectivity index (χ3v) is 4.63. The predicted molar refractivity (Wildman–Crippen MR) is 88.8 cm³/mol. The van der Waals surface area contributed by atoms with E-state index < -0.39 is 0 Å². The van der Waals surface area contributed by atoms with Crippen molar-refractivity contribution in [1.82, 2.24) is 9.80 Å². The van der Waals surface area contributed by atoms with Gasteiger partial charge in [-0.15, -0.1) is 0 Å². The van der Waals surface area contributed by atoms with E-state index in [4.69, 9.17) is 5.73 Å². The van der Waals surface area contributed by atoms with E-state index in [0.717, 1.165) is 31.5 Å². The number of rotatable bonds is 5. The Labute approximate surface area is 139 Å². The lowest BCUT2D eigenvalue weighted by Gasteiger charge is -2.36. The van der Waals surface area contributed by atoms with Crippen molar-refractivity contribution in [2.24, 2.45) is 5.73 Å². The number of amides is 1. The predicted octanol–water partition coefficient (Wildman–Crippen LogP) is 2.36. The van der Waals surface area contributed by atoms with Crippen LogP contribution in [0, 0.1) is 5.82 Å². The smallest absolute Gasteiger partial charge is 0.239 e. The van der Waals surface area contributed by atoms with Gasteiger partial charge in [0.15, 0.2) is 0 Å². The normalized spacial score (nSPS) is 17.5. The molecule has 1 atom stereocenters. The zero-order valence-electron chi connectivity index (χ0n) is 12.9. The molecule has 1 aliphatic rings. The molecule has 0 aliphatic carbocycles. The molecule has 1 unspecified atom stereocenters. The summed E-state index contributed by atoms with van der Waals surface area (Å²) in [4.78, 5) is 16.2. The van der Waals surface area contributed by atoms with Gasteiger partial charge in [0.1, 0.15) is 5.82 Å². The molecule has 2 rings (SSSR count). The van der Waals surface area contributed by atoms with E-state index in [0.29, 0.717) is 24.1 Å². The van der Waals surface area contributed by atoms with Gasteiger partial charge in [-0.05, 0) is 40.0 Å². The van der Waals surface area contributed by atoms with Crippen molar-refractivity contribution in [1.29, 1.82) is 0 Å². The van der Waals surface area contributed by atoms with Gasteiger partial charge in [-0.3, -0.25) is 9.69 Å². The Bertz CT molecular complexity index is 518.